The average molecular weight is 928 g/mol. The quantitative estimate of drug-likeness (QED) is 0.0262. The normalized spacial score (nSPS) is 12.2. The summed E-state index contributed by atoms with van der Waals surface area (Å²) >= 11 is 0. The van der Waals surface area contributed by atoms with Crippen LogP contribution in [0.4, 0.5) is 0 Å². The molecule has 0 unspecified atom stereocenters. The lowest BCUT2D eigenvalue weighted by molar-refractivity contribution is -0.167. The van der Waals surface area contributed by atoms with Crippen molar-refractivity contribution >= 4 is 17.9 Å². The van der Waals surface area contributed by atoms with Crippen LogP contribution in [0.25, 0.3) is 0 Å². The molecule has 386 valence electrons. The maximum atomic E-state index is 12.8. The summed E-state index contributed by atoms with van der Waals surface area (Å²) in [5.41, 5.74) is 0. The molecule has 0 rings (SSSR count). The van der Waals surface area contributed by atoms with Gasteiger partial charge in [0.15, 0.2) is 6.10 Å². The Bertz CT molecular complexity index is 1110. The molecular formula is C60H110O6. The summed E-state index contributed by atoms with van der Waals surface area (Å²) in [4.78, 5) is 38.1. The third-order valence-corrected chi connectivity index (χ3v) is 12.9. The van der Waals surface area contributed by atoms with Gasteiger partial charge in [0.2, 0.25) is 0 Å². The van der Waals surface area contributed by atoms with E-state index in [0.717, 1.165) is 77.0 Å². The number of hydrogen-bond donors (Lipinski definition) is 0. The van der Waals surface area contributed by atoms with Crippen molar-refractivity contribution in [3.8, 4) is 0 Å². The molecule has 0 amide bonds. The molecule has 6 nitrogen and oxygen atoms in total. The van der Waals surface area contributed by atoms with Gasteiger partial charge in [-0.1, -0.05) is 269 Å². The van der Waals surface area contributed by atoms with Crippen LogP contribution in [0.2, 0.25) is 0 Å². The van der Waals surface area contributed by atoms with E-state index in [9.17, 15) is 14.4 Å². The van der Waals surface area contributed by atoms with Crippen LogP contribution in [0.5, 0.6) is 0 Å². The molecule has 0 heterocycles. The Morgan fingerprint density at radius 3 is 0.879 bits per heavy atom. The lowest BCUT2D eigenvalue weighted by atomic mass is 10.0. The third-order valence-electron chi connectivity index (χ3n) is 12.9. The third kappa shape index (κ3) is 52.6. The van der Waals surface area contributed by atoms with E-state index in [1.165, 1.54) is 193 Å². The van der Waals surface area contributed by atoms with Crippen molar-refractivity contribution in [3.05, 3.63) is 36.5 Å². The van der Waals surface area contributed by atoms with Gasteiger partial charge in [-0.3, -0.25) is 14.4 Å². The SMILES string of the molecule is CCCCC/C=C\C/C=C\C/C=C\CCCCCCCCC(=O)OC[C@@H](COC(=O)CCCCCCCCCCCCCCC)OC(=O)CCCCCCCCCCCCCCCCCC. The summed E-state index contributed by atoms with van der Waals surface area (Å²) in [6.07, 6.45) is 65.5. The molecule has 0 radical (unpaired) electrons. The minimum Gasteiger partial charge on any atom is -0.462 e. The molecule has 0 N–H and O–H groups in total. The van der Waals surface area contributed by atoms with Crippen molar-refractivity contribution < 1.29 is 28.6 Å². The van der Waals surface area contributed by atoms with Gasteiger partial charge in [0, 0.05) is 19.3 Å². The molecule has 0 spiro atoms. The van der Waals surface area contributed by atoms with Gasteiger partial charge in [0.25, 0.3) is 0 Å². The minimum absolute atomic E-state index is 0.0714. The number of esters is 3. The Kier molecular flexibility index (Phi) is 53.2. The van der Waals surface area contributed by atoms with Crippen molar-refractivity contribution in [1.82, 2.24) is 0 Å². The summed E-state index contributed by atoms with van der Waals surface area (Å²) in [7, 11) is 0. The van der Waals surface area contributed by atoms with Gasteiger partial charge in [-0.15, -0.1) is 0 Å². The average Bonchev–Trinajstić information content (AvgIpc) is 3.31. The number of unbranched alkanes of at least 4 members (excludes halogenated alkanes) is 36. The zero-order valence-electron chi connectivity index (χ0n) is 44.2. The summed E-state index contributed by atoms with van der Waals surface area (Å²) < 4.78 is 16.9. The maximum Gasteiger partial charge on any atom is 0.306 e. The Morgan fingerprint density at radius 1 is 0.303 bits per heavy atom. The summed E-state index contributed by atoms with van der Waals surface area (Å²) in [6, 6.07) is 0. The van der Waals surface area contributed by atoms with Crippen molar-refractivity contribution in [2.75, 3.05) is 13.2 Å². The lowest BCUT2D eigenvalue weighted by Gasteiger charge is -2.18. The lowest BCUT2D eigenvalue weighted by Crippen LogP contribution is -2.30. The molecule has 0 fully saturated rings. The van der Waals surface area contributed by atoms with Crippen LogP contribution in [0, 0.1) is 0 Å². The number of carbonyl (C=O) groups excluding carboxylic acids is 3. The Morgan fingerprint density at radius 2 is 0.545 bits per heavy atom. The predicted octanol–water partition coefficient (Wildman–Crippen LogP) is 19.3. The summed E-state index contributed by atoms with van der Waals surface area (Å²) in [6.45, 7) is 6.64. The highest BCUT2D eigenvalue weighted by molar-refractivity contribution is 5.71. The van der Waals surface area contributed by atoms with Crippen LogP contribution in [0.15, 0.2) is 36.5 Å². The Balaban J connectivity index is 4.34. The molecule has 0 aliphatic carbocycles. The van der Waals surface area contributed by atoms with Crippen LogP contribution in [-0.2, 0) is 28.6 Å². The first-order valence-corrected chi connectivity index (χ1v) is 29.0. The second-order valence-corrected chi connectivity index (χ2v) is 19.6. The number of ether oxygens (including phenoxy) is 3. The van der Waals surface area contributed by atoms with Gasteiger partial charge in [0.05, 0.1) is 0 Å². The van der Waals surface area contributed by atoms with E-state index in [1.807, 2.05) is 0 Å². The van der Waals surface area contributed by atoms with E-state index in [1.54, 1.807) is 0 Å². The first kappa shape index (κ1) is 63.6. The van der Waals surface area contributed by atoms with Gasteiger partial charge in [0.1, 0.15) is 13.2 Å². The molecule has 0 bridgehead atoms. The number of rotatable bonds is 53. The molecule has 6 heteroatoms. The minimum atomic E-state index is -0.773. The highest BCUT2D eigenvalue weighted by Crippen LogP contribution is 2.17. The van der Waals surface area contributed by atoms with Crippen LogP contribution < -0.4 is 0 Å². The summed E-state index contributed by atoms with van der Waals surface area (Å²) in [5.74, 6) is -0.865. The topological polar surface area (TPSA) is 78.9 Å². The van der Waals surface area contributed by atoms with Crippen LogP contribution >= 0.6 is 0 Å². The smallest absolute Gasteiger partial charge is 0.306 e. The molecular weight excluding hydrogens is 817 g/mol. The standard InChI is InChI=1S/C60H110O6/c1-4-7-10-13-16-19-22-25-27-29-30-31-33-35-38-41-44-47-50-53-59(62)65-56-57(55-64-58(61)52-49-46-43-40-37-34-24-21-18-15-12-9-6-3)66-60(63)54-51-48-45-42-39-36-32-28-26-23-20-17-14-11-8-5-2/h16,19,25,27,30-31,57H,4-15,17-18,20-24,26,28-29,32-56H2,1-3H3/b19-16-,27-25-,31-30-/t57-/m1/s1. The maximum absolute atomic E-state index is 12.8. The van der Waals surface area contributed by atoms with Crippen LogP contribution in [-0.4, -0.2) is 37.2 Å². The van der Waals surface area contributed by atoms with Gasteiger partial charge in [-0.05, 0) is 57.8 Å². The zero-order chi connectivity index (χ0) is 47.9. The summed E-state index contributed by atoms with van der Waals surface area (Å²) in [5, 5.41) is 0. The van der Waals surface area contributed by atoms with Gasteiger partial charge < -0.3 is 14.2 Å². The van der Waals surface area contributed by atoms with E-state index >= 15 is 0 Å². The molecule has 0 saturated carbocycles. The highest BCUT2D eigenvalue weighted by atomic mass is 16.6. The highest BCUT2D eigenvalue weighted by Gasteiger charge is 2.19. The molecule has 0 aromatic rings. The monoisotopic (exact) mass is 927 g/mol. The van der Waals surface area contributed by atoms with Crippen molar-refractivity contribution in [3.63, 3.8) is 0 Å². The zero-order valence-corrected chi connectivity index (χ0v) is 44.2. The van der Waals surface area contributed by atoms with Gasteiger partial charge in [-0.25, -0.2) is 0 Å². The van der Waals surface area contributed by atoms with E-state index in [0.29, 0.717) is 19.3 Å². The van der Waals surface area contributed by atoms with Crippen molar-refractivity contribution in [1.29, 1.82) is 0 Å². The van der Waals surface area contributed by atoms with Gasteiger partial charge in [-0.2, -0.15) is 0 Å². The van der Waals surface area contributed by atoms with E-state index < -0.39 is 6.10 Å². The molecule has 0 aliphatic rings. The second kappa shape index (κ2) is 55.2. The Hall–Kier alpha value is -2.37. The van der Waals surface area contributed by atoms with Crippen molar-refractivity contribution in [2.45, 2.75) is 316 Å². The largest absolute Gasteiger partial charge is 0.462 e. The molecule has 0 aromatic heterocycles. The number of hydrogen-bond acceptors (Lipinski definition) is 6. The predicted molar refractivity (Wildman–Crippen MR) is 284 cm³/mol. The van der Waals surface area contributed by atoms with Crippen LogP contribution in [0.1, 0.15) is 310 Å². The molecule has 66 heavy (non-hydrogen) atoms. The first-order valence-electron chi connectivity index (χ1n) is 29.0. The van der Waals surface area contributed by atoms with Gasteiger partial charge >= 0.3 is 17.9 Å². The van der Waals surface area contributed by atoms with Crippen molar-refractivity contribution in [2.24, 2.45) is 0 Å². The Labute approximate surface area is 410 Å². The van der Waals surface area contributed by atoms with Crippen LogP contribution in [0.3, 0.4) is 0 Å². The molecule has 1 atom stereocenters. The molecule has 0 aliphatic heterocycles. The van der Waals surface area contributed by atoms with E-state index in [-0.39, 0.29) is 31.1 Å². The molecule has 0 saturated heterocycles. The first-order chi connectivity index (χ1) is 32.5. The number of allylic oxidation sites excluding steroid dienone is 6. The van der Waals surface area contributed by atoms with E-state index in [2.05, 4.69) is 57.2 Å². The second-order valence-electron chi connectivity index (χ2n) is 19.6. The van der Waals surface area contributed by atoms with E-state index in [4.69, 9.17) is 14.2 Å². The molecule has 0 aromatic carbocycles. The fourth-order valence-electron chi connectivity index (χ4n) is 8.51. The fourth-order valence-corrected chi connectivity index (χ4v) is 8.51. The fraction of sp³-hybridized carbons (Fsp3) is 0.850. The number of carbonyl (C=O) groups is 3.